The number of carbonyl (C=O) groups is 1. The van der Waals surface area contributed by atoms with Gasteiger partial charge in [-0.05, 0) is 0 Å². The van der Waals surface area contributed by atoms with Crippen molar-refractivity contribution in [1.82, 2.24) is 4.90 Å². The average Bonchev–Trinajstić information content (AvgIpc) is 2.26. The number of hydrogen-bond donors (Lipinski definition) is 2. The SMILES string of the molecule is CN(CC1(O)CCOCC1)C(=O)OCCO. The summed E-state index contributed by atoms with van der Waals surface area (Å²) in [7, 11) is 1.56. The molecule has 0 bridgehead atoms. The molecule has 1 saturated heterocycles. The lowest BCUT2D eigenvalue weighted by Gasteiger charge is -2.34. The van der Waals surface area contributed by atoms with Crippen molar-refractivity contribution < 1.29 is 24.5 Å². The number of aliphatic hydroxyl groups excluding tert-OH is 1. The first kappa shape index (κ1) is 13.2. The third-order valence-corrected chi connectivity index (χ3v) is 2.58. The monoisotopic (exact) mass is 233 g/mol. The molecule has 0 spiro atoms. The fraction of sp³-hybridized carbons (Fsp3) is 0.900. The van der Waals surface area contributed by atoms with Crippen LogP contribution in [0.2, 0.25) is 0 Å². The van der Waals surface area contributed by atoms with Gasteiger partial charge in [-0.2, -0.15) is 0 Å². The quantitative estimate of drug-likeness (QED) is 0.690. The lowest BCUT2D eigenvalue weighted by atomic mass is 9.94. The average molecular weight is 233 g/mol. The number of rotatable bonds is 4. The highest BCUT2D eigenvalue weighted by atomic mass is 16.6. The second kappa shape index (κ2) is 6.03. The third kappa shape index (κ3) is 3.96. The van der Waals surface area contributed by atoms with Crippen LogP contribution in [0.4, 0.5) is 4.79 Å². The Labute approximate surface area is 94.8 Å². The predicted octanol–water partition coefficient (Wildman–Crippen LogP) is -0.411. The molecule has 0 radical (unpaired) electrons. The molecule has 94 valence electrons. The predicted molar refractivity (Wildman–Crippen MR) is 56.1 cm³/mol. The fourth-order valence-electron chi connectivity index (χ4n) is 1.66. The van der Waals surface area contributed by atoms with Crippen LogP contribution in [0.5, 0.6) is 0 Å². The first-order valence-electron chi connectivity index (χ1n) is 5.36. The summed E-state index contributed by atoms with van der Waals surface area (Å²) in [5, 5.41) is 18.6. The van der Waals surface area contributed by atoms with E-state index in [1.54, 1.807) is 7.05 Å². The first-order valence-corrected chi connectivity index (χ1v) is 5.36. The summed E-state index contributed by atoms with van der Waals surface area (Å²) in [6.07, 6.45) is 0.504. The summed E-state index contributed by atoms with van der Waals surface area (Å²) in [4.78, 5) is 12.7. The molecule has 0 atom stereocenters. The Balaban J connectivity index is 2.36. The smallest absolute Gasteiger partial charge is 0.409 e. The summed E-state index contributed by atoms with van der Waals surface area (Å²) in [5.41, 5.74) is -0.884. The van der Waals surface area contributed by atoms with Crippen molar-refractivity contribution in [3.8, 4) is 0 Å². The van der Waals surface area contributed by atoms with Gasteiger partial charge in [0.05, 0.1) is 18.8 Å². The van der Waals surface area contributed by atoms with Gasteiger partial charge in [0.25, 0.3) is 0 Å². The minimum Gasteiger partial charge on any atom is -0.447 e. The highest BCUT2D eigenvalue weighted by Gasteiger charge is 2.32. The zero-order valence-corrected chi connectivity index (χ0v) is 9.52. The molecule has 6 nitrogen and oxygen atoms in total. The summed E-state index contributed by atoms with van der Waals surface area (Å²) in [6.45, 7) is 1.02. The minimum absolute atomic E-state index is 0.0231. The highest BCUT2D eigenvalue weighted by Crippen LogP contribution is 2.21. The molecule has 1 heterocycles. The zero-order valence-electron chi connectivity index (χ0n) is 9.52. The van der Waals surface area contributed by atoms with E-state index in [1.807, 2.05) is 0 Å². The first-order chi connectivity index (χ1) is 7.57. The van der Waals surface area contributed by atoms with Crippen LogP contribution in [0.1, 0.15) is 12.8 Å². The van der Waals surface area contributed by atoms with Crippen LogP contribution in [0.25, 0.3) is 0 Å². The van der Waals surface area contributed by atoms with E-state index in [4.69, 9.17) is 14.6 Å². The topological polar surface area (TPSA) is 79.2 Å². The second-order valence-electron chi connectivity index (χ2n) is 4.03. The van der Waals surface area contributed by atoms with E-state index in [2.05, 4.69) is 0 Å². The maximum Gasteiger partial charge on any atom is 0.409 e. The van der Waals surface area contributed by atoms with Crippen molar-refractivity contribution in [2.24, 2.45) is 0 Å². The maximum atomic E-state index is 11.4. The Morgan fingerprint density at radius 3 is 2.69 bits per heavy atom. The molecule has 0 unspecified atom stereocenters. The van der Waals surface area contributed by atoms with Crippen molar-refractivity contribution in [3.05, 3.63) is 0 Å². The lowest BCUT2D eigenvalue weighted by molar-refractivity contribution is -0.0754. The zero-order chi connectivity index (χ0) is 12.0. The van der Waals surface area contributed by atoms with Gasteiger partial charge < -0.3 is 24.6 Å². The molecule has 1 amide bonds. The van der Waals surface area contributed by atoms with Crippen LogP contribution < -0.4 is 0 Å². The molecular formula is C10H19NO5. The third-order valence-electron chi connectivity index (χ3n) is 2.58. The Morgan fingerprint density at radius 2 is 2.12 bits per heavy atom. The maximum absolute atomic E-state index is 11.4. The lowest BCUT2D eigenvalue weighted by Crippen LogP contribution is -2.47. The van der Waals surface area contributed by atoms with Crippen molar-refractivity contribution in [3.63, 3.8) is 0 Å². The van der Waals surface area contributed by atoms with Crippen LogP contribution in [0, 0.1) is 0 Å². The van der Waals surface area contributed by atoms with Crippen molar-refractivity contribution >= 4 is 6.09 Å². The van der Waals surface area contributed by atoms with E-state index in [0.717, 1.165) is 0 Å². The Kier molecular flexibility index (Phi) is 4.98. The normalized spacial score (nSPS) is 19.2. The van der Waals surface area contributed by atoms with Gasteiger partial charge in [0.15, 0.2) is 0 Å². The van der Waals surface area contributed by atoms with E-state index in [-0.39, 0.29) is 19.8 Å². The second-order valence-corrected chi connectivity index (χ2v) is 4.03. The standard InChI is InChI=1S/C10H19NO5/c1-11(9(13)16-7-4-12)8-10(14)2-5-15-6-3-10/h12,14H,2-8H2,1H3. The van der Waals surface area contributed by atoms with Crippen LogP contribution in [0.15, 0.2) is 0 Å². The molecule has 1 aliphatic rings. The number of aliphatic hydroxyl groups is 2. The van der Waals surface area contributed by atoms with Gasteiger partial charge >= 0.3 is 6.09 Å². The van der Waals surface area contributed by atoms with E-state index in [9.17, 15) is 9.90 Å². The fourth-order valence-corrected chi connectivity index (χ4v) is 1.66. The van der Waals surface area contributed by atoms with E-state index < -0.39 is 11.7 Å². The summed E-state index contributed by atoms with van der Waals surface area (Å²) in [5.74, 6) is 0. The van der Waals surface area contributed by atoms with Gasteiger partial charge in [-0.25, -0.2) is 4.79 Å². The number of ether oxygens (including phenoxy) is 2. The van der Waals surface area contributed by atoms with E-state index in [1.165, 1.54) is 4.90 Å². The van der Waals surface area contributed by atoms with Crippen LogP contribution >= 0.6 is 0 Å². The van der Waals surface area contributed by atoms with Crippen molar-refractivity contribution in [2.45, 2.75) is 18.4 Å². The molecule has 0 aromatic carbocycles. The van der Waals surface area contributed by atoms with Crippen molar-refractivity contribution in [2.75, 3.05) is 40.0 Å². The van der Waals surface area contributed by atoms with E-state index >= 15 is 0 Å². The molecule has 1 rings (SSSR count). The van der Waals surface area contributed by atoms with Gasteiger partial charge in [0.1, 0.15) is 6.61 Å². The molecule has 2 N–H and O–H groups in total. The van der Waals surface area contributed by atoms with Gasteiger partial charge in [-0.1, -0.05) is 0 Å². The molecule has 6 heteroatoms. The Morgan fingerprint density at radius 1 is 1.50 bits per heavy atom. The summed E-state index contributed by atoms with van der Waals surface area (Å²) >= 11 is 0. The molecule has 0 aromatic rings. The number of carbonyl (C=O) groups excluding carboxylic acids is 1. The van der Waals surface area contributed by atoms with Gasteiger partial charge in [0, 0.05) is 33.1 Å². The molecular weight excluding hydrogens is 214 g/mol. The largest absolute Gasteiger partial charge is 0.447 e. The van der Waals surface area contributed by atoms with Gasteiger partial charge in [0.2, 0.25) is 0 Å². The van der Waals surface area contributed by atoms with Crippen LogP contribution in [-0.2, 0) is 9.47 Å². The van der Waals surface area contributed by atoms with Crippen molar-refractivity contribution in [1.29, 1.82) is 0 Å². The molecule has 1 aliphatic heterocycles. The number of likely N-dealkylation sites (N-methyl/N-ethyl adjacent to an activating group) is 1. The highest BCUT2D eigenvalue weighted by molar-refractivity contribution is 5.67. The Hall–Kier alpha value is -0.850. The van der Waals surface area contributed by atoms with E-state index in [0.29, 0.717) is 26.1 Å². The summed E-state index contributed by atoms with van der Waals surface area (Å²) in [6, 6.07) is 0. The van der Waals surface area contributed by atoms with Gasteiger partial charge in [-0.15, -0.1) is 0 Å². The van der Waals surface area contributed by atoms with Crippen LogP contribution in [0.3, 0.4) is 0 Å². The number of amides is 1. The van der Waals surface area contributed by atoms with Crippen LogP contribution in [-0.4, -0.2) is 66.8 Å². The minimum atomic E-state index is -0.884. The molecule has 16 heavy (non-hydrogen) atoms. The Bertz CT molecular complexity index is 227. The number of nitrogens with zero attached hydrogens (tertiary/aromatic N) is 1. The number of hydrogen-bond acceptors (Lipinski definition) is 5. The molecule has 0 saturated carbocycles. The molecule has 0 aliphatic carbocycles. The molecule has 1 fully saturated rings. The summed E-state index contributed by atoms with van der Waals surface area (Å²) < 4.78 is 9.88. The van der Waals surface area contributed by atoms with Gasteiger partial charge in [-0.3, -0.25) is 0 Å². The molecule has 0 aromatic heterocycles.